The van der Waals surface area contributed by atoms with Gasteiger partial charge in [-0.05, 0) is 62.1 Å². The van der Waals surface area contributed by atoms with E-state index in [-0.39, 0.29) is 30.9 Å². The quantitative estimate of drug-likeness (QED) is 0.399. The fourth-order valence-electron chi connectivity index (χ4n) is 4.19. The van der Waals surface area contributed by atoms with Gasteiger partial charge in [-0.2, -0.15) is 4.98 Å². The fraction of sp³-hybridized carbons (Fsp3) is 0.308. The summed E-state index contributed by atoms with van der Waals surface area (Å²) in [6.07, 6.45) is 4.23. The molecule has 176 valence electrons. The summed E-state index contributed by atoms with van der Waals surface area (Å²) in [6.45, 7) is 6.48. The Bertz CT molecular complexity index is 1170. The fourth-order valence-corrected chi connectivity index (χ4v) is 4.45. The molecule has 4 rings (SSSR count). The van der Waals surface area contributed by atoms with Crippen LogP contribution in [-0.4, -0.2) is 51.4 Å². The Morgan fingerprint density at radius 1 is 1.21 bits per heavy atom. The smallest absolute Gasteiger partial charge is 0.254 e. The van der Waals surface area contributed by atoms with Gasteiger partial charge in [0.05, 0.1) is 0 Å². The maximum absolute atomic E-state index is 13.4. The summed E-state index contributed by atoms with van der Waals surface area (Å²) < 4.78 is 6.56. The number of carbonyl (C=O) groups is 2. The lowest BCUT2D eigenvalue weighted by atomic mass is 10.0. The molecule has 2 aromatic carbocycles. The van der Waals surface area contributed by atoms with Gasteiger partial charge in [0.2, 0.25) is 17.6 Å². The molecule has 2 amide bonds. The van der Waals surface area contributed by atoms with Gasteiger partial charge in [-0.3, -0.25) is 9.59 Å². The molecular weight excluding hydrogens is 496 g/mol. The van der Waals surface area contributed by atoms with Crippen LogP contribution in [0.15, 0.2) is 70.2 Å². The lowest BCUT2D eigenvalue weighted by Crippen LogP contribution is -2.46. The number of nitrogens with zero attached hydrogens (tertiary/aromatic N) is 4. The summed E-state index contributed by atoms with van der Waals surface area (Å²) in [6, 6.07) is 14.7. The van der Waals surface area contributed by atoms with E-state index in [4.69, 9.17) is 4.52 Å². The molecule has 1 aromatic heterocycles. The van der Waals surface area contributed by atoms with Crippen LogP contribution in [0.25, 0.3) is 11.4 Å². The van der Waals surface area contributed by atoms with Crippen molar-refractivity contribution in [2.45, 2.75) is 32.2 Å². The number of piperidine rings is 1. The number of halogens is 1. The Kier molecular flexibility index (Phi) is 7.57. The number of likely N-dealkylation sites (tertiary alicyclic amines) is 1. The predicted octanol–water partition coefficient (Wildman–Crippen LogP) is 5.19. The second-order valence-electron chi connectivity index (χ2n) is 8.35. The molecule has 0 saturated carbocycles. The minimum atomic E-state index is -0.308. The number of hydrogen-bond acceptors (Lipinski definition) is 5. The topological polar surface area (TPSA) is 79.5 Å². The molecule has 1 unspecified atom stereocenters. The summed E-state index contributed by atoms with van der Waals surface area (Å²) >= 11 is 3.43. The van der Waals surface area contributed by atoms with Crippen molar-refractivity contribution in [3.05, 3.63) is 82.7 Å². The summed E-state index contributed by atoms with van der Waals surface area (Å²) in [5, 5.41) is 4.14. The van der Waals surface area contributed by atoms with E-state index >= 15 is 0 Å². The van der Waals surface area contributed by atoms with Crippen LogP contribution >= 0.6 is 15.9 Å². The molecule has 0 aliphatic carbocycles. The number of benzene rings is 2. The maximum Gasteiger partial charge on any atom is 0.254 e. The molecule has 0 radical (unpaired) electrons. The first-order valence-electron chi connectivity index (χ1n) is 11.3. The van der Waals surface area contributed by atoms with Gasteiger partial charge < -0.3 is 14.3 Å². The largest absolute Gasteiger partial charge is 0.337 e. The average Bonchev–Trinajstić information content (AvgIpc) is 3.34. The molecule has 3 aromatic rings. The Labute approximate surface area is 207 Å². The molecule has 1 saturated heterocycles. The molecule has 34 heavy (non-hydrogen) atoms. The van der Waals surface area contributed by atoms with Crippen molar-refractivity contribution in [2.75, 3.05) is 19.6 Å². The van der Waals surface area contributed by atoms with Gasteiger partial charge in [0.1, 0.15) is 12.6 Å². The minimum Gasteiger partial charge on any atom is -0.337 e. The number of carbonyl (C=O) groups excluding carboxylic acids is 2. The summed E-state index contributed by atoms with van der Waals surface area (Å²) in [5.41, 5.74) is 2.30. The van der Waals surface area contributed by atoms with E-state index in [1.807, 2.05) is 49.4 Å². The average molecular weight is 523 g/mol. The van der Waals surface area contributed by atoms with Gasteiger partial charge >= 0.3 is 0 Å². The third-order valence-corrected chi connectivity index (χ3v) is 6.52. The predicted molar refractivity (Wildman–Crippen MR) is 133 cm³/mol. The van der Waals surface area contributed by atoms with E-state index in [1.165, 1.54) is 4.90 Å². The third kappa shape index (κ3) is 5.28. The van der Waals surface area contributed by atoms with Gasteiger partial charge in [-0.1, -0.05) is 45.4 Å². The molecule has 0 spiro atoms. The Morgan fingerprint density at radius 2 is 1.97 bits per heavy atom. The molecule has 1 fully saturated rings. The highest BCUT2D eigenvalue weighted by Crippen LogP contribution is 2.31. The first-order valence-corrected chi connectivity index (χ1v) is 12.1. The van der Waals surface area contributed by atoms with Crippen molar-refractivity contribution in [3.63, 3.8) is 0 Å². The van der Waals surface area contributed by atoms with E-state index in [9.17, 15) is 9.59 Å². The van der Waals surface area contributed by atoms with Gasteiger partial charge in [-0.15, -0.1) is 6.58 Å². The zero-order valence-corrected chi connectivity index (χ0v) is 20.7. The summed E-state index contributed by atoms with van der Waals surface area (Å²) in [7, 11) is 0. The van der Waals surface area contributed by atoms with Crippen LogP contribution in [0.1, 0.15) is 47.1 Å². The van der Waals surface area contributed by atoms with E-state index in [0.717, 1.165) is 34.9 Å². The highest BCUT2D eigenvalue weighted by molar-refractivity contribution is 9.10. The number of aryl methyl sites for hydroxylation is 1. The molecule has 1 aliphatic heterocycles. The maximum atomic E-state index is 13.4. The van der Waals surface area contributed by atoms with E-state index in [2.05, 4.69) is 32.6 Å². The highest BCUT2D eigenvalue weighted by atomic mass is 79.9. The van der Waals surface area contributed by atoms with Crippen molar-refractivity contribution < 1.29 is 14.1 Å². The van der Waals surface area contributed by atoms with Crippen LogP contribution in [0, 0.1) is 6.92 Å². The van der Waals surface area contributed by atoms with E-state index in [1.54, 1.807) is 17.0 Å². The highest BCUT2D eigenvalue weighted by Gasteiger charge is 2.33. The Hall–Kier alpha value is -3.26. The normalized spacial score (nSPS) is 15.7. The lowest BCUT2D eigenvalue weighted by Gasteiger charge is -2.35. The monoisotopic (exact) mass is 522 g/mol. The van der Waals surface area contributed by atoms with Crippen molar-refractivity contribution in [1.82, 2.24) is 19.9 Å². The van der Waals surface area contributed by atoms with Crippen LogP contribution in [0.5, 0.6) is 0 Å². The first kappa shape index (κ1) is 23.9. The van der Waals surface area contributed by atoms with Gasteiger partial charge in [0.15, 0.2) is 0 Å². The molecule has 0 N–H and O–H groups in total. The lowest BCUT2D eigenvalue weighted by molar-refractivity contribution is -0.136. The summed E-state index contributed by atoms with van der Waals surface area (Å²) in [5.74, 6) is 0.585. The van der Waals surface area contributed by atoms with Crippen LogP contribution in [-0.2, 0) is 4.79 Å². The molecule has 1 atom stereocenters. The summed E-state index contributed by atoms with van der Waals surface area (Å²) in [4.78, 5) is 34.5. The molecular formula is C26H27BrN4O3. The second-order valence-corrected chi connectivity index (χ2v) is 9.27. The number of hydrogen-bond donors (Lipinski definition) is 0. The second kappa shape index (κ2) is 10.8. The number of aromatic nitrogens is 2. The molecule has 8 heteroatoms. The first-order chi connectivity index (χ1) is 16.5. The van der Waals surface area contributed by atoms with E-state index in [0.29, 0.717) is 23.8 Å². The van der Waals surface area contributed by atoms with Crippen LogP contribution in [0.3, 0.4) is 0 Å². The number of rotatable bonds is 7. The number of amides is 2. The molecule has 1 aliphatic rings. The molecule has 2 heterocycles. The van der Waals surface area contributed by atoms with Crippen molar-refractivity contribution >= 4 is 27.7 Å². The van der Waals surface area contributed by atoms with Crippen LogP contribution < -0.4 is 0 Å². The van der Waals surface area contributed by atoms with Crippen LogP contribution in [0.2, 0.25) is 0 Å². The van der Waals surface area contributed by atoms with Crippen molar-refractivity contribution in [1.29, 1.82) is 0 Å². The Balaban J connectivity index is 1.53. The van der Waals surface area contributed by atoms with Gasteiger partial charge in [0, 0.05) is 28.7 Å². The minimum absolute atomic E-state index is 0.0383. The molecule has 7 nitrogen and oxygen atoms in total. The SMILES string of the molecule is C=CCN(CC(=O)N1CCCCC1c1nc(-c2ccc(Br)cc2)no1)C(=O)c1ccccc1C. The van der Waals surface area contributed by atoms with Crippen LogP contribution in [0.4, 0.5) is 0 Å². The zero-order valence-electron chi connectivity index (χ0n) is 19.1. The standard InChI is InChI=1S/C26H27BrN4O3/c1-3-15-30(26(33)21-9-5-4-8-18(21)2)17-23(32)31-16-7-6-10-22(31)25-28-24(29-34-25)19-11-13-20(27)14-12-19/h3-5,8-9,11-14,22H,1,6-7,10,15-17H2,2H3. The van der Waals surface area contributed by atoms with E-state index < -0.39 is 0 Å². The third-order valence-electron chi connectivity index (χ3n) is 5.99. The molecule has 0 bridgehead atoms. The van der Waals surface area contributed by atoms with Crippen molar-refractivity contribution in [3.8, 4) is 11.4 Å². The van der Waals surface area contributed by atoms with Crippen molar-refractivity contribution in [2.24, 2.45) is 0 Å². The zero-order chi connectivity index (χ0) is 24.1. The Morgan fingerprint density at radius 3 is 2.71 bits per heavy atom. The van der Waals surface area contributed by atoms with Gasteiger partial charge in [-0.25, -0.2) is 0 Å². The van der Waals surface area contributed by atoms with Gasteiger partial charge in [0.25, 0.3) is 5.91 Å².